The van der Waals surface area contributed by atoms with Crippen LogP contribution in [0.5, 0.6) is 0 Å². The van der Waals surface area contributed by atoms with Crippen LogP contribution in [-0.4, -0.2) is 24.2 Å². The van der Waals surface area contributed by atoms with Gasteiger partial charge in [-0.1, -0.05) is 13.8 Å². The Labute approximate surface area is 97.1 Å². The quantitative estimate of drug-likeness (QED) is 0.700. The van der Waals surface area contributed by atoms with E-state index in [1.54, 1.807) is 13.8 Å². The van der Waals surface area contributed by atoms with Crippen LogP contribution in [0.25, 0.3) is 0 Å². The Morgan fingerprint density at radius 2 is 1.29 bits per heavy atom. The second-order valence-electron chi connectivity index (χ2n) is 4.64. The Kier molecular flexibility index (Phi) is 4.93. The molecule has 0 fully saturated rings. The molecule has 0 aliphatic rings. The van der Waals surface area contributed by atoms with Crippen LogP contribution in [0.15, 0.2) is 0 Å². The molecule has 0 saturated carbocycles. The van der Waals surface area contributed by atoms with Gasteiger partial charge in [0.15, 0.2) is 5.60 Å². The first-order valence-corrected chi connectivity index (χ1v) is 5.11. The molecule has 104 valence electrons. The Morgan fingerprint density at radius 1 is 0.882 bits per heavy atom. The van der Waals surface area contributed by atoms with Crippen LogP contribution in [-0.2, 0) is 9.47 Å². The largest absolute Gasteiger partial charge is 0.523 e. The van der Waals surface area contributed by atoms with E-state index in [9.17, 15) is 22.0 Å². The minimum atomic E-state index is -5.14. The van der Waals surface area contributed by atoms with Crippen LogP contribution >= 0.6 is 0 Å². The van der Waals surface area contributed by atoms with Crippen LogP contribution in [0.2, 0.25) is 0 Å². The summed E-state index contributed by atoms with van der Waals surface area (Å²) >= 11 is 0. The van der Waals surface area contributed by atoms with E-state index in [-0.39, 0.29) is 5.92 Å². The predicted molar refractivity (Wildman–Crippen MR) is 51.6 cm³/mol. The Hall–Kier alpha value is -0.430. The fourth-order valence-corrected chi connectivity index (χ4v) is 0.860. The number of hydrogen-bond donors (Lipinski definition) is 0. The number of ether oxygens (including phenoxy) is 2. The molecule has 0 aliphatic carbocycles. The second-order valence-corrected chi connectivity index (χ2v) is 4.64. The zero-order valence-corrected chi connectivity index (χ0v) is 10.4. The van der Waals surface area contributed by atoms with Gasteiger partial charge in [-0.25, -0.2) is 0 Å². The fraction of sp³-hybridized carbons (Fsp3) is 1.00. The van der Waals surface area contributed by atoms with E-state index in [0.29, 0.717) is 13.8 Å². The van der Waals surface area contributed by atoms with Gasteiger partial charge in [-0.15, -0.1) is 13.2 Å². The predicted octanol–water partition coefficient (Wildman–Crippen LogP) is 3.96. The average Bonchev–Trinajstić information content (AvgIpc) is 1.97. The van der Waals surface area contributed by atoms with E-state index in [1.165, 1.54) is 6.92 Å². The molecule has 0 spiro atoms. The molecule has 0 aromatic carbocycles. The van der Waals surface area contributed by atoms with Gasteiger partial charge in [0, 0.05) is 0 Å². The van der Waals surface area contributed by atoms with E-state index >= 15 is 0 Å². The number of alkyl halides is 5. The van der Waals surface area contributed by atoms with Gasteiger partial charge in [-0.05, 0) is 26.7 Å². The Bertz CT molecular complexity index is 248. The van der Waals surface area contributed by atoms with Crippen molar-refractivity contribution in [3.05, 3.63) is 0 Å². The molecule has 0 aliphatic heterocycles. The van der Waals surface area contributed by atoms with Gasteiger partial charge < -0.3 is 4.74 Å². The zero-order valence-electron chi connectivity index (χ0n) is 10.4. The van der Waals surface area contributed by atoms with Crippen molar-refractivity contribution in [2.75, 3.05) is 0 Å². The van der Waals surface area contributed by atoms with Crippen molar-refractivity contribution in [3.8, 4) is 0 Å². The van der Waals surface area contributed by atoms with E-state index in [2.05, 4.69) is 9.47 Å². The van der Waals surface area contributed by atoms with Gasteiger partial charge in [0.05, 0.1) is 6.10 Å². The van der Waals surface area contributed by atoms with Crippen molar-refractivity contribution < 1.29 is 31.4 Å². The van der Waals surface area contributed by atoms with Crippen LogP contribution in [0.1, 0.15) is 34.6 Å². The molecular formula is C10H17F5O2. The third-order valence-electron chi connectivity index (χ3n) is 2.34. The molecule has 0 N–H and O–H groups in total. The summed E-state index contributed by atoms with van der Waals surface area (Å²) in [6.07, 6.45) is -10.1. The highest BCUT2D eigenvalue weighted by Crippen LogP contribution is 2.39. The molecule has 0 heterocycles. The average molecular weight is 264 g/mol. The lowest BCUT2D eigenvalue weighted by molar-refractivity contribution is -0.432. The minimum Gasteiger partial charge on any atom is -0.315 e. The molecule has 0 aromatic rings. The molecule has 2 nitrogen and oxygen atoms in total. The fourth-order valence-electron chi connectivity index (χ4n) is 0.860. The summed E-state index contributed by atoms with van der Waals surface area (Å²) in [6, 6.07) is 0. The smallest absolute Gasteiger partial charge is 0.315 e. The first kappa shape index (κ1) is 16.6. The molecule has 7 heteroatoms. The van der Waals surface area contributed by atoms with Gasteiger partial charge in [-0.3, -0.25) is 4.74 Å². The van der Waals surface area contributed by atoms with Gasteiger partial charge in [0.1, 0.15) is 0 Å². The van der Waals surface area contributed by atoms with Gasteiger partial charge >= 0.3 is 12.5 Å². The molecule has 0 rings (SSSR count). The highest BCUT2D eigenvalue weighted by atomic mass is 19.4. The normalized spacial score (nSPS) is 16.4. The van der Waals surface area contributed by atoms with Crippen LogP contribution in [0.3, 0.4) is 0 Å². The second kappa shape index (κ2) is 5.06. The van der Waals surface area contributed by atoms with E-state index in [0.717, 1.165) is 0 Å². The Morgan fingerprint density at radius 3 is 1.59 bits per heavy atom. The third-order valence-corrected chi connectivity index (χ3v) is 2.34. The van der Waals surface area contributed by atoms with Crippen molar-refractivity contribution in [3.63, 3.8) is 0 Å². The molecule has 0 aromatic heterocycles. The minimum absolute atomic E-state index is 0.248. The number of hydrogen-bond acceptors (Lipinski definition) is 2. The van der Waals surface area contributed by atoms with Crippen molar-refractivity contribution in [1.82, 2.24) is 0 Å². The summed E-state index contributed by atoms with van der Waals surface area (Å²) in [5.74, 6) is -0.248. The highest BCUT2D eigenvalue weighted by molar-refractivity contribution is 4.81. The summed E-state index contributed by atoms with van der Waals surface area (Å²) in [5.41, 5.74) is -2.78. The lowest BCUT2D eigenvalue weighted by atomic mass is 10.1. The van der Waals surface area contributed by atoms with Gasteiger partial charge in [0.25, 0.3) is 0 Å². The van der Waals surface area contributed by atoms with Crippen LogP contribution in [0.4, 0.5) is 22.0 Å². The summed E-state index contributed by atoms with van der Waals surface area (Å²) in [6.45, 7) is 5.88. The molecule has 1 atom stereocenters. The Balaban J connectivity index is 4.78. The van der Waals surface area contributed by atoms with Gasteiger partial charge in [-0.2, -0.15) is 8.78 Å². The molecular weight excluding hydrogens is 247 g/mol. The molecule has 0 saturated heterocycles. The maximum Gasteiger partial charge on any atom is 0.523 e. The topological polar surface area (TPSA) is 18.5 Å². The molecule has 0 bridgehead atoms. The summed E-state index contributed by atoms with van der Waals surface area (Å²) in [7, 11) is 0. The van der Waals surface area contributed by atoms with Crippen molar-refractivity contribution in [1.29, 1.82) is 0 Å². The van der Waals surface area contributed by atoms with Crippen molar-refractivity contribution >= 4 is 0 Å². The number of halogens is 5. The SMILES string of the molecule is CC(C)C(C)OC(F)(F)C(C)(C)OC(F)(F)F. The molecule has 0 amide bonds. The first-order valence-electron chi connectivity index (χ1n) is 5.11. The summed E-state index contributed by atoms with van der Waals surface area (Å²) in [5, 5.41) is 0. The van der Waals surface area contributed by atoms with Gasteiger partial charge in [0.2, 0.25) is 0 Å². The number of rotatable bonds is 5. The summed E-state index contributed by atoms with van der Waals surface area (Å²) < 4.78 is 70.6. The lowest BCUT2D eigenvalue weighted by Gasteiger charge is -2.36. The maximum absolute atomic E-state index is 13.5. The standard InChI is InChI=1S/C10H17F5O2/c1-6(2)7(3)16-9(11,12)8(4,5)17-10(13,14)15/h6-7H,1-5H3. The first-order chi connectivity index (χ1) is 7.28. The molecule has 17 heavy (non-hydrogen) atoms. The summed E-state index contributed by atoms with van der Waals surface area (Å²) in [4.78, 5) is 0. The van der Waals surface area contributed by atoms with E-state index < -0.39 is 24.2 Å². The molecule has 1 unspecified atom stereocenters. The third kappa shape index (κ3) is 5.16. The van der Waals surface area contributed by atoms with Crippen LogP contribution in [0, 0.1) is 5.92 Å². The van der Waals surface area contributed by atoms with E-state index in [1.807, 2.05) is 0 Å². The van der Waals surface area contributed by atoms with Crippen molar-refractivity contribution in [2.45, 2.75) is 58.8 Å². The monoisotopic (exact) mass is 264 g/mol. The van der Waals surface area contributed by atoms with Crippen LogP contribution < -0.4 is 0 Å². The van der Waals surface area contributed by atoms with E-state index in [4.69, 9.17) is 0 Å². The zero-order chi connectivity index (χ0) is 14.1. The molecule has 0 radical (unpaired) electrons. The van der Waals surface area contributed by atoms with Crippen molar-refractivity contribution in [2.24, 2.45) is 5.92 Å². The highest BCUT2D eigenvalue weighted by Gasteiger charge is 2.55. The lowest BCUT2D eigenvalue weighted by Crippen LogP contribution is -2.51. The maximum atomic E-state index is 13.5.